The van der Waals surface area contributed by atoms with Gasteiger partial charge in [-0.25, -0.2) is 9.97 Å². The molecule has 4 heterocycles. The lowest BCUT2D eigenvalue weighted by Gasteiger charge is -2.33. The molecule has 0 spiro atoms. The molecule has 1 saturated heterocycles. The van der Waals surface area contributed by atoms with Crippen LogP contribution in [-0.2, 0) is 0 Å². The van der Waals surface area contributed by atoms with Crippen molar-refractivity contribution >= 4 is 5.91 Å². The number of benzene rings is 1. The van der Waals surface area contributed by atoms with Gasteiger partial charge >= 0.3 is 0 Å². The van der Waals surface area contributed by atoms with E-state index < -0.39 is 0 Å². The Bertz CT molecular complexity index is 1250. The summed E-state index contributed by atoms with van der Waals surface area (Å²) < 4.78 is 0. The highest BCUT2D eigenvalue weighted by Gasteiger charge is 2.28. The zero-order chi connectivity index (χ0) is 22.6. The Labute approximate surface area is 193 Å². The van der Waals surface area contributed by atoms with Gasteiger partial charge in [0.15, 0.2) is 5.82 Å². The number of piperidine rings is 1. The largest absolute Gasteiger partial charge is 0.339 e. The molecule has 3 aromatic heterocycles. The molecule has 0 N–H and O–H groups in total. The fraction of sp³-hybridized carbons (Fsp3) is 0.222. The number of hydrogen-bond donors (Lipinski definition) is 0. The highest BCUT2D eigenvalue weighted by molar-refractivity contribution is 5.95. The molecule has 5 rings (SSSR count). The van der Waals surface area contributed by atoms with Crippen LogP contribution in [0.3, 0.4) is 0 Å². The Morgan fingerprint density at radius 2 is 1.67 bits per heavy atom. The molecule has 1 aromatic carbocycles. The fourth-order valence-corrected chi connectivity index (χ4v) is 4.43. The van der Waals surface area contributed by atoms with Gasteiger partial charge in [-0.1, -0.05) is 18.2 Å². The molecule has 0 atom stereocenters. The molecule has 1 amide bonds. The predicted molar refractivity (Wildman–Crippen MR) is 128 cm³/mol. The van der Waals surface area contributed by atoms with E-state index in [1.165, 1.54) is 0 Å². The van der Waals surface area contributed by atoms with Gasteiger partial charge in [0.1, 0.15) is 0 Å². The molecule has 0 saturated carbocycles. The number of aryl methyl sites for hydroxylation is 1. The fourth-order valence-electron chi connectivity index (χ4n) is 4.43. The molecule has 6 heteroatoms. The molecular formula is C27H25N5O. The van der Waals surface area contributed by atoms with Crippen molar-refractivity contribution < 1.29 is 4.79 Å². The van der Waals surface area contributed by atoms with E-state index in [1.807, 2.05) is 66.6 Å². The summed E-state index contributed by atoms with van der Waals surface area (Å²) in [4.78, 5) is 33.1. The minimum absolute atomic E-state index is 0.111. The van der Waals surface area contributed by atoms with Crippen molar-refractivity contribution in [2.75, 3.05) is 13.1 Å². The molecule has 0 bridgehead atoms. The number of rotatable bonds is 4. The number of hydrogen-bond acceptors (Lipinski definition) is 5. The monoisotopic (exact) mass is 435 g/mol. The number of nitrogens with zero attached hydrogens (tertiary/aromatic N) is 5. The normalized spacial score (nSPS) is 14.3. The third-order valence-electron chi connectivity index (χ3n) is 6.27. The molecule has 6 nitrogen and oxygen atoms in total. The molecular weight excluding hydrogens is 410 g/mol. The Morgan fingerprint density at radius 3 is 2.39 bits per heavy atom. The second kappa shape index (κ2) is 9.28. The van der Waals surface area contributed by atoms with Crippen molar-refractivity contribution in [2.45, 2.75) is 25.7 Å². The van der Waals surface area contributed by atoms with Gasteiger partial charge in [0.2, 0.25) is 0 Å². The van der Waals surface area contributed by atoms with Crippen LogP contribution in [0.25, 0.3) is 22.5 Å². The first-order valence-corrected chi connectivity index (χ1v) is 11.2. The van der Waals surface area contributed by atoms with Crippen LogP contribution in [0.1, 0.15) is 40.4 Å². The maximum absolute atomic E-state index is 13.1. The highest BCUT2D eigenvalue weighted by atomic mass is 16.2. The van der Waals surface area contributed by atoms with E-state index in [9.17, 15) is 4.79 Å². The summed E-state index contributed by atoms with van der Waals surface area (Å²) in [5, 5.41) is 0. The van der Waals surface area contributed by atoms with Gasteiger partial charge in [-0.05, 0) is 61.2 Å². The third-order valence-corrected chi connectivity index (χ3v) is 6.27. The van der Waals surface area contributed by atoms with E-state index in [2.05, 4.69) is 15.0 Å². The van der Waals surface area contributed by atoms with Crippen molar-refractivity contribution in [3.05, 3.63) is 96.3 Å². The van der Waals surface area contributed by atoms with Crippen LogP contribution in [-0.4, -0.2) is 43.8 Å². The smallest absolute Gasteiger partial charge is 0.254 e. The first kappa shape index (κ1) is 20.9. The lowest BCUT2D eigenvalue weighted by atomic mass is 9.88. The number of amides is 1. The highest BCUT2D eigenvalue weighted by Crippen LogP contribution is 2.35. The lowest BCUT2D eigenvalue weighted by molar-refractivity contribution is 0.0711. The topological polar surface area (TPSA) is 71.9 Å². The summed E-state index contributed by atoms with van der Waals surface area (Å²) in [5.74, 6) is 1.03. The van der Waals surface area contributed by atoms with Gasteiger partial charge in [0.25, 0.3) is 5.91 Å². The summed E-state index contributed by atoms with van der Waals surface area (Å²) in [6, 6.07) is 15.6. The van der Waals surface area contributed by atoms with Crippen LogP contribution in [0, 0.1) is 6.92 Å². The number of pyridine rings is 2. The third kappa shape index (κ3) is 4.37. The zero-order valence-electron chi connectivity index (χ0n) is 18.6. The van der Waals surface area contributed by atoms with Gasteiger partial charge in [0, 0.05) is 66.7 Å². The van der Waals surface area contributed by atoms with Crippen LogP contribution >= 0.6 is 0 Å². The summed E-state index contributed by atoms with van der Waals surface area (Å²) in [7, 11) is 0. The van der Waals surface area contributed by atoms with Crippen LogP contribution in [0.2, 0.25) is 0 Å². The SMILES string of the molecule is Cc1ccccc1C(=O)N1CCC(c2nc(-c3cccnc3)ncc2-c2ccncc2)CC1. The van der Waals surface area contributed by atoms with E-state index in [4.69, 9.17) is 4.98 Å². The van der Waals surface area contributed by atoms with Gasteiger partial charge in [-0.3, -0.25) is 14.8 Å². The maximum atomic E-state index is 13.1. The minimum Gasteiger partial charge on any atom is -0.339 e. The van der Waals surface area contributed by atoms with E-state index >= 15 is 0 Å². The lowest BCUT2D eigenvalue weighted by Crippen LogP contribution is -2.38. The molecule has 1 fully saturated rings. The van der Waals surface area contributed by atoms with Gasteiger partial charge in [-0.15, -0.1) is 0 Å². The van der Waals surface area contributed by atoms with Crippen LogP contribution in [0.5, 0.6) is 0 Å². The molecule has 0 radical (unpaired) electrons. The van der Waals surface area contributed by atoms with Crippen molar-refractivity contribution in [3.63, 3.8) is 0 Å². The Balaban J connectivity index is 1.43. The van der Waals surface area contributed by atoms with Crippen LogP contribution in [0.4, 0.5) is 0 Å². The first-order valence-electron chi connectivity index (χ1n) is 11.2. The van der Waals surface area contributed by atoms with Crippen molar-refractivity contribution in [2.24, 2.45) is 0 Å². The second-order valence-corrected chi connectivity index (χ2v) is 8.35. The van der Waals surface area contributed by atoms with Crippen molar-refractivity contribution in [1.29, 1.82) is 0 Å². The molecule has 164 valence electrons. The summed E-state index contributed by atoms with van der Waals surface area (Å²) in [6.45, 7) is 3.40. The van der Waals surface area contributed by atoms with E-state index in [0.29, 0.717) is 18.9 Å². The standard InChI is InChI=1S/C27H25N5O/c1-19-5-2-3-7-23(19)27(33)32-15-10-21(11-16-32)25-24(20-8-13-28-14-9-20)18-30-26(31-25)22-6-4-12-29-17-22/h2-9,12-14,17-18,21H,10-11,15-16H2,1H3. The minimum atomic E-state index is 0.111. The average Bonchev–Trinajstić information content (AvgIpc) is 2.89. The van der Waals surface area contributed by atoms with Crippen LogP contribution in [0.15, 0.2) is 79.5 Å². The molecule has 4 aromatic rings. The number of aromatic nitrogens is 4. The Kier molecular flexibility index (Phi) is 5.89. The van der Waals surface area contributed by atoms with Crippen molar-refractivity contribution in [3.8, 4) is 22.5 Å². The summed E-state index contributed by atoms with van der Waals surface area (Å²) >= 11 is 0. The number of carbonyl (C=O) groups is 1. The van der Waals surface area contributed by atoms with E-state index in [1.54, 1.807) is 24.8 Å². The Morgan fingerprint density at radius 1 is 0.879 bits per heavy atom. The number of carbonyl (C=O) groups excluding carboxylic acids is 1. The quantitative estimate of drug-likeness (QED) is 0.455. The van der Waals surface area contributed by atoms with Gasteiger partial charge < -0.3 is 4.90 Å². The molecule has 1 aliphatic heterocycles. The zero-order valence-corrected chi connectivity index (χ0v) is 18.6. The summed E-state index contributed by atoms with van der Waals surface area (Å²) in [5.41, 5.74) is 5.80. The predicted octanol–water partition coefficient (Wildman–Crippen LogP) is 4.93. The van der Waals surface area contributed by atoms with Crippen molar-refractivity contribution in [1.82, 2.24) is 24.8 Å². The maximum Gasteiger partial charge on any atom is 0.254 e. The molecule has 0 unspecified atom stereocenters. The molecule has 0 aliphatic carbocycles. The second-order valence-electron chi connectivity index (χ2n) is 8.35. The first-order chi connectivity index (χ1) is 16.2. The Hall–Kier alpha value is -3.93. The van der Waals surface area contributed by atoms with E-state index in [0.717, 1.165) is 46.4 Å². The summed E-state index contributed by atoms with van der Waals surface area (Å²) in [6.07, 6.45) is 10.7. The molecule has 1 aliphatic rings. The van der Waals surface area contributed by atoms with Gasteiger partial charge in [-0.2, -0.15) is 0 Å². The molecule has 33 heavy (non-hydrogen) atoms. The average molecular weight is 436 g/mol. The van der Waals surface area contributed by atoms with E-state index in [-0.39, 0.29) is 11.8 Å². The van der Waals surface area contributed by atoms with Crippen LogP contribution < -0.4 is 0 Å². The number of likely N-dealkylation sites (tertiary alicyclic amines) is 1. The van der Waals surface area contributed by atoms with Gasteiger partial charge in [0.05, 0.1) is 5.69 Å².